The zero-order valence-corrected chi connectivity index (χ0v) is 16.2. The molecule has 0 aliphatic carbocycles. The molecule has 2 heterocycles. The van der Waals surface area contributed by atoms with Gasteiger partial charge in [0.2, 0.25) is 5.91 Å². The van der Waals surface area contributed by atoms with E-state index in [1.54, 1.807) is 32.4 Å². The van der Waals surface area contributed by atoms with E-state index in [0.29, 0.717) is 53.6 Å². The number of amides is 2. The molecule has 1 aromatic heterocycles. The molecular formula is C21H21N3O5. The number of methoxy groups -OCH3 is 2. The Hall–Kier alpha value is -3.55. The number of hydrogen-bond donors (Lipinski definition) is 1. The average molecular weight is 395 g/mol. The third-order valence-electron chi connectivity index (χ3n) is 4.81. The van der Waals surface area contributed by atoms with Crippen LogP contribution < -0.4 is 14.8 Å². The van der Waals surface area contributed by atoms with Crippen molar-refractivity contribution in [2.24, 2.45) is 0 Å². The van der Waals surface area contributed by atoms with Crippen LogP contribution in [0.1, 0.15) is 21.8 Å². The molecule has 0 unspecified atom stereocenters. The topological polar surface area (TPSA) is 93.9 Å². The number of nitrogens with one attached hydrogen (secondary N) is 1. The molecule has 1 aliphatic heterocycles. The summed E-state index contributed by atoms with van der Waals surface area (Å²) in [5.41, 5.74) is 2.65. The van der Waals surface area contributed by atoms with E-state index in [9.17, 15) is 9.59 Å². The van der Waals surface area contributed by atoms with Crippen LogP contribution in [0.5, 0.6) is 11.5 Å². The molecule has 29 heavy (non-hydrogen) atoms. The van der Waals surface area contributed by atoms with Gasteiger partial charge in [0.05, 0.1) is 20.8 Å². The quantitative estimate of drug-likeness (QED) is 0.710. The fraction of sp³-hybridized carbons (Fsp3) is 0.286. The van der Waals surface area contributed by atoms with Gasteiger partial charge >= 0.3 is 0 Å². The second-order valence-corrected chi connectivity index (χ2v) is 6.73. The van der Waals surface area contributed by atoms with Gasteiger partial charge in [-0.15, -0.1) is 0 Å². The number of piperazine rings is 1. The average Bonchev–Trinajstić information content (AvgIpc) is 3.14. The maximum atomic E-state index is 12.7. The molecular weight excluding hydrogens is 374 g/mol. The minimum atomic E-state index is -0.195. The smallest absolute Gasteiger partial charge is 0.254 e. The van der Waals surface area contributed by atoms with Gasteiger partial charge in [-0.1, -0.05) is 6.07 Å². The van der Waals surface area contributed by atoms with Gasteiger partial charge in [0.1, 0.15) is 5.52 Å². The van der Waals surface area contributed by atoms with Crippen molar-refractivity contribution in [2.75, 3.05) is 33.9 Å². The van der Waals surface area contributed by atoms with Crippen LogP contribution in [-0.4, -0.2) is 55.6 Å². The third kappa shape index (κ3) is 3.87. The Balaban J connectivity index is 1.55. The standard InChI is InChI=1S/C21H21N3O5/c1-27-16-6-3-13(9-18(16)28-2)10-20-23-15-5-4-14(11-17(15)29-20)21(26)24-8-7-22-19(25)12-24/h3-6,9,11H,7-8,10,12H2,1-2H3,(H,22,25). The van der Waals surface area contributed by atoms with Crippen molar-refractivity contribution < 1.29 is 23.5 Å². The van der Waals surface area contributed by atoms with Gasteiger partial charge in [-0.2, -0.15) is 0 Å². The SMILES string of the molecule is COc1ccc(Cc2nc3ccc(C(=O)N4CCNC(=O)C4)cc3o2)cc1OC. The first-order chi connectivity index (χ1) is 14.1. The molecule has 1 N–H and O–H groups in total. The van der Waals surface area contributed by atoms with Gasteiger partial charge in [0.15, 0.2) is 23.0 Å². The van der Waals surface area contributed by atoms with E-state index < -0.39 is 0 Å². The highest BCUT2D eigenvalue weighted by Gasteiger charge is 2.23. The first kappa shape index (κ1) is 18.8. The number of ether oxygens (including phenoxy) is 2. The van der Waals surface area contributed by atoms with Crippen molar-refractivity contribution in [2.45, 2.75) is 6.42 Å². The number of carbonyl (C=O) groups is 2. The van der Waals surface area contributed by atoms with Gasteiger partial charge in [0.25, 0.3) is 5.91 Å². The van der Waals surface area contributed by atoms with E-state index in [1.165, 1.54) is 4.90 Å². The Kier molecular flexibility index (Phi) is 5.07. The fourth-order valence-electron chi connectivity index (χ4n) is 3.34. The molecule has 0 atom stereocenters. The highest BCUT2D eigenvalue weighted by Crippen LogP contribution is 2.29. The second-order valence-electron chi connectivity index (χ2n) is 6.73. The predicted octanol–water partition coefficient (Wildman–Crippen LogP) is 2.01. The van der Waals surface area contributed by atoms with Crippen LogP contribution in [0.25, 0.3) is 11.1 Å². The molecule has 3 aromatic rings. The molecule has 8 nitrogen and oxygen atoms in total. The van der Waals surface area contributed by atoms with Gasteiger partial charge in [-0.05, 0) is 35.9 Å². The fourth-order valence-corrected chi connectivity index (χ4v) is 3.34. The lowest BCUT2D eigenvalue weighted by atomic mass is 10.1. The number of aromatic nitrogens is 1. The normalized spacial score (nSPS) is 14.0. The summed E-state index contributed by atoms with van der Waals surface area (Å²) in [4.78, 5) is 30.2. The molecule has 1 aliphatic rings. The lowest BCUT2D eigenvalue weighted by molar-refractivity contribution is -0.123. The Bertz CT molecular complexity index is 1080. The van der Waals surface area contributed by atoms with Crippen LogP contribution >= 0.6 is 0 Å². The van der Waals surface area contributed by atoms with E-state index in [0.717, 1.165) is 5.56 Å². The molecule has 2 aromatic carbocycles. The number of benzene rings is 2. The number of carbonyl (C=O) groups excluding carboxylic acids is 2. The Morgan fingerprint density at radius 1 is 1.17 bits per heavy atom. The summed E-state index contributed by atoms with van der Waals surface area (Å²) in [6, 6.07) is 10.8. The van der Waals surface area contributed by atoms with E-state index >= 15 is 0 Å². The third-order valence-corrected chi connectivity index (χ3v) is 4.81. The summed E-state index contributed by atoms with van der Waals surface area (Å²) >= 11 is 0. The minimum absolute atomic E-state index is 0.0673. The summed E-state index contributed by atoms with van der Waals surface area (Å²) in [6.45, 7) is 1.02. The zero-order chi connectivity index (χ0) is 20.4. The number of nitrogens with zero attached hydrogens (tertiary/aromatic N) is 2. The second kappa shape index (κ2) is 7.83. The molecule has 4 rings (SSSR count). The molecule has 2 amide bonds. The first-order valence-corrected chi connectivity index (χ1v) is 9.23. The molecule has 1 fully saturated rings. The first-order valence-electron chi connectivity index (χ1n) is 9.23. The maximum absolute atomic E-state index is 12.7. The van der Waals surface area contributed by atoms with Crippen LogP contribution in [0, 0.1) is 0 Å². The van der Waals surface area contributed by atoms with Crippen LogP contribution in [0.4, 0.5) is 0 Å². The van der Waals surface area contributed by atoms with Crippen molar-refractivity contribution in [3.05, 3.63) is 53.4 Å². The van der Waals surface area contributed by atoms with Crippen molar-refractivity contribution in [1.82, 2.24) is 15.2 Å². The molecule has 0 radical (unpaired) electrons. The van der Waals surface area contributed by atoms with Crippen LogP contribution in [0.2, 0.25) is 0 Å². The van der Waals surface area contributed by atoms with E-state index in [4.69, 9.17) is 13.9 Å². The molecule has 8 heteroatoms. The van der Waals surface area contributed by atoms with E-state index in [1.807, 2.05) is 18.2 Å². The number of fused-ring (bicyclic) bond motifs is 1. The summed E-state index contributed by atoms with van der Waals surface area (Å²) in [6.07, 6.45) is 0.477. The Morgan fingerprint density at radius 2 is 2.00 bits per heavy atom. The largest absolute Gasteiger partial charge is 0.493 e. The summed E-state index contributed by atoms with van der Waals surface area (Å²) in [5.74, 6) is 1.49. The van der Waals surface area contributed by atoms with Gasteiger partial charge in [-0.3, -0.25) is 9.59 Å². The maximum Gasteiger partial charge on any atom is 0.254 e. The molecule has 0 saturated carbocycles. The molecule has 150 valence electrons. The van der Waals surface area contributed by atoms with Gasteiger partial charge in [0, 0.05) is 25.1 Å². The van der Waals surface area contributed by atoms with Crippen LogP contribution in [-0.2, 0) is 11.2 Å². The Morgan fingerprint density at radius 3 is 2.76 bits per heavy atom. The number of oxazole rings is 1. The van der Waals surface area contributed by atoms with E-state index in [2.05, 4.69) is 10.3 Å². The lowest BCUT2D eigenvalue weighted by Gasteiger charge is -2.26. The molecule has 0 bridgehead atoms. The summed E-state index contributed by atoms with van der Waals surface area (Å²) in [7, 11) is 3.18. The zero-order valence-electron chi connectivity index (χ0n) is 16.2. The minimum Gasteiger partial charge on any atom is -0.493 e. The monoisotopic (exact) mass is 395 g/mol. The highest BCUT2D eigenvalue weighted by atomic mass is 16.5. The summed E-state index contributed by atoms with van der Waals surface area (Å²) < 4.78 is 16.5. The molecule has 1 saturated heterocycles. The Labute approximate surface area is 167 Å². The van der Waals surface area contributed by atoms with Gasteiger partial charge < -0.3 is 24.1 Å². The van der Waals surface area contributed by atoms with Crippen molar-refractivity contribution in [3.8, 4) is 11.5 Å². The molecule has 0 spiro atoms. The van der Waals surface area contributed by atoms with Crippen LogP contribution in [0.3, 0.4) is 0 Å². The van der Waals surface area contributed by atoms with Crippen molar-refractivity contribution >= 4 is 22.9 Å². The summed E-state index contributed by atoms with van der Waals surface area (Å²) in [5, 5.41) is 2.71. The number of rotatable bonds is 5. The van der Waals surface area contributed by atoms with Crippen LogP contribution in [0.15, 0.2) is 40.8 Å². The lowest BCUT2D eigenvalue weighted by Crippen LogP contribution is -2.49. The highest BCUT2D eigenvalue weighted by molar-refractivity contribution is 5.99. The van der Waals surface area contributed by atoms with Gasteiger partial charge in [-0.25, -0.2) is 4.98 Å². The predicted molar refractivity (Wildman–Crippen MR) is 105 cm³/mol. The number of hydrogen-bond acceptors (Lipinski definition) is 6. The van der Waals surface area contributed by atoms with Crippen molar-refractivity contribution in [3.63, 3.8) is 0 Å². The van der Waals surface area contributed by atoms with Crippen molar-refractivity contribution in [1.29, 1.82) is 0 Å². The van der Waals surface area contributed by atoms with E-state index in [-0.39, 0.29) is 18.4 Å².